The second-order valence-corrected chi connectivity index (χ2v) is 15.4. The first-order valence-corrected chi connectivity index (χ1v) is 18.9. The topological polar surface area (TPSA) is 103 Å². The monoisotopic (exact) mass is 651 g/mol. The molecule has 0 aromatic heterocycles. The molecule has 6 rings (SSSR count). The zero-order valence-electron chi connectivity index (χ0n) is 28.7. The molecular formula is C38H58FN5O3. The molecule has 4 N–H and O–H groups in total. The van der Waals surface area contributed by atoms with Gasteiger partial charge in [-0.25, -0.2) is 4.39 Å². The van der Waals surface area contributed by atoms with Crippen LogP contribution in [0.5, 0.6) is 0 Å². The van der Waals surface area contributed by atoms with Gasteiger partial charge in [-0.3, -0.25) is 25.0 Å². The molecule has 0 spiro atoms. The summed E-state index contributed by atoms with van der Waals surface area (Å²) in [7, 11) is 0. The van der Waals surface area contributed by atoms with Crippen LogP contribution in [0.3, 0.4) is 0 Å². The summed E-state index contributed by atoms with van der Waals surface area (Å²) in [5, 5.41) is 13.6. The number of hydrogen-bond acceptors (Lipinski definition) is 5. The number of piperidine rings is 1. The van der Waals surface area contributed by atoms with Gasteiger partial charge in [0.1, 0.15) is 12.2 Å². The number of rotatable bonds is 9. The first-order valence-electron chi connectivity index (χ1n) is 18.9. The predicted molar refractivity (Wildman–Crippen MR) is 182 cm³/mol. The zero-order valence-corrected chi connectivity index (χ0v) is 28.7. The molecule has 2 heterocycles. The highest BCUT2D eigenvalue weighted by Crippen LogP contribution is 2.48. The minimum absolute atomic E-state index is 0.0174. The van der Waals surface area contributed by atoms with Crippen LogP contribution < -0.4 is 21.3 Å². The van der Waals surface area contributed by atoms with E-state index in [0.29, 0.717) is 13.0 Å². The lowest BCUT2D eigenvalue weighted by Gasteiger charge is -2.47. The van der Waals surface area contributed by atoms with Gasteiger partial charge < -0.3 is 15.5 Å². The molecule has 4 unspecified atom stereocenters. The Morgan fingerprint density at radius 3 is 2.34 bits per heavy atom. The first kappa shape index (κ1) is 34.3. The SMILES string of the molecule is C[C@H](NC(=O)[C@H](CC(=O)N1CCCC[C@@H]1C)NC(=O)[C@H]1C[C@@H]1c1ccccc1)C1NC2CCCC(F)C2(C2CCCCCCCC2)N1. The lowest BCUT2D eigenvalue weighted by Crippen LogP contribution is -2.64. The maximum absolute atomic E-state index is 16.2. The van der Waals surface area contributed by atoms with Gasteiger partial charge in [0.25, 0.3) is 0 Å². The minimum Gasteiger partial charge on any atom is -0.349 e. The minimum atomic E-state index is -0.968. The molecule has 3 amide bonds. The average Bonchev–Trinajstić information content (AvgIpc) is 3.74. The maximum atomic E-state index is 16.2. The van der Waals surface area contributed by atoms with Gasteiger partial charge in [-0.15, -0.1) is 0 Å². The van der Waals surface area contributed by atoms with E-state index in [0.717, 1.165) is 69.8 Å². The van der Waals surface area contributed by atoms with Crippen LogP contribution in [-0.2, 0) is 14.4 Å². The number of amides is 3. The van der Waals surface area contributed by atoms with Crippen LogP contribution in [0.2, 0.25) is 0 Å². The fourth-order valence-corrected chi connectivity index (χ4v) is 9.39. The van der Waals surface area contributed by atoms with E-state index in [2.05, 4.69) is 28.2 Å². The third-order valence-corrected chi connectivity index (χ3v) is 12.2. The number of carbonyl (C=O) groups is 3. The Morgan fingerprint density at radius 2 is 1.62 bits per heavy atom. The van der Waals surface area contributed by atoms with E-state index in [1.165, 1.54) is 25.7 Å². The highest BCUT2D eigenvalue weighted by Gasteiger charge is 2.58. The second-order valence-electron chi connectivity index (χ2n) is 15.4. The Balaban J connectivity index is 1.14. The normalized spacial score (nSPS) is 34.6. The van der Waals surface area contributed by atoms with E-state index >= 15 is 4.39 Å². The number of benzene rings is 1. The predicted octanol–water partition coefficient (Wildman–Crippen LogP) is 5.47. The Hall–Kier alpha value is -2.52. The van der Waals surface area contributed by atoms with Gasteiger partial charge in [0.05, 0.1) is 24.2 Å². The fourth-order valence-electron chi connectivity index (χ4n) is 9.39. The van der Waals surface area contributed by atoms with Crippen LogP contribution >= 0.6 is 0 Å². The van der Waals surface area contributed by atoms with Crippen LogP contribution in [0.1, 0.15) is 128 Å². The van der Waals surface area contributed by atoms with Crippen LogP contribution in [0, 0.1) is 11.8 Å². The van der Waals surface area contributed by atoms with E-state index in [1.807, 2.05) is 42.2 Å². The quantitative estimate of drug-likeness (QED) is 0.284. The molecule has 9 heteroatoms. The lowest BCUT2D eigenvalue weighted by molar-refractivity contribution is -0.138. The highest BCUT2D eigenvalue weighted by molar-refractivity contribution is 5.93. The summed E-state index contributed by atoms with van der Waals surface area (Å²) in [4.78, 5) is 42.9. The smallest absolute Gasteiger partial charge is 0.243 e. The van der Waals surface area contributed by atoms with Gasteiger partial charge in [0, 0.05) is 24.5 Å². The Labute approximate surface area is 281 Å². The van der Waals surface area contributed by atoms with Gasteiger partial charge in [0.2, 0.25) is 17.7 Å². The number of likely N-dealkylation sites (tertiary alicyclic amines) is 1. The molecule has 8 nitrogen and oxygen atoms in total. The molecule has 3 aliphatic carbocycles. The Kier molecular flexibility index (Phi) is 11.2. The molecule has 260 valence electrons. The number of hydrogen-bond donors (Lipinski definition) is 4. The van der Waals surface area contributed by atoms with Crippen molar-refractivity contribution >= 4 is 17.7 Å². The number of nitrogens with one attached hydrogen (secondary N) is 4. The van der Waals surface area contributed by atoms with E-state index in [4.69, 9.17) is 0 Å². The number of alkyl halides is 1. The highest BCUT2D eigenvalue weighted by atomic mass is 19.1. The van der Waals surface area contributed by atoms with Gasteiger partial charge >= 0.3 is 0 Å². The van der Waals surface area contributed by atoms with Crippen molar-refractivity contribution in [2.24, 2.45) is 11.8 Å². The van der Waals surface area contributed by atoms with Crippen LogP contribution in [-0.4, -0.2) is 71.2 Å². The van der Waals surface area contributed by atoms with E-state index in [-0.39, 0.29) is 66.2 Å². The molecule has 0 bridgehead atoms. The van der Waals surface area contributed by atoms with E-state index < -0.39 is 17.8 Å². The van der Waals surface area contributed by atoms with Crippen molar-refractivity contribution in [3.63, 3.8) is 0 Å². The van der Waals surface area contributed by atoms with Crippen molar-refractivity contribution in [3.8, 4) is 0 Å². The fraction of sp³-hybridized carbons (Fsp3) is 0.763. The van der Waals surface area contributed by atoms with E-state index in [9.17, 15) is 14.4 Å². The molecule has 1 aromatic rings. The van der Waals surface area contributed by atoms with Gasteiger partial charge in [-0.1, -0.05) is 68.9 Å². The summed E-state index contributed by atoms with van der Waals surface area (Å²) in [6.45, 7) is 4.69. The summed E-state index contributed by atoms with van der Waals surface area (Å²) in [6.07, 6.45) is 14.1. The summed E-state index contributed by atoms with van der Waals surface area (Å²) in [5.41, 5.74) is 0.499. The molecule has 5 aliphatic rings. The van der Waals surface area contributed by atoms with Crippen molar-refractivity contribution in [2.45, 2.75) is 165 Å². The molecule has 5 fully saturated rings. The molecule has 47 heavy (non-hydrogen) atoms. The molecule has 2 aliphatic heterocycles. The number of carbonyl (C=O) groups excluding carboxylic acids is 3. The molecule has 0 radical (unpaired) electrons. The molecular weight excluding hydrogens is 593 g/mol. The summed E-state index contributed by atoms with van der Waals surface area (Å²) in [6, 6.07) is 8.81. The standard InChI is InChI=1S/C38H58FN5O3/c1-25-15-12-13-22-44(25)34(45)24-31(41-36(46)30-23-29(30)27-16-8-7-9-17-27)37(47)40-26(2)35-42-33-21-14-20-32(39)38(33,43-35)28-18-10-5-3-4-6-11-19-28/h7-9,16-17,25-26,28-33,35,42-43H,3-6,10-15,18-24H2,1-2H3,(H,40,47)(H,41,46)/t25-,26-,29+,30-,31-,32?,33?,35?,38?/m0/s1. The van der Waals surface area contributed by atoms with Gasteiger partial charge in [-0.2, -0.15) is 0 Å². The largest absolute Gasteiger partial charge is 0.349 e. The zero-order chi connectivity index (χ0) is 33.0. The van der Waals surface area contributed by atoms with Crippen LogP contribution in [0.25, 0.3) is 0 Å². The van der Waals surface area contributed by atoms with Crippen molar-refractivity contribution in [1.29, 1.82) is 0 Å². The van der Waals surface area contributed by atoms with Crippen molar-refractivity contribution in [2.75, 3.05) is 6.54 Å². The van der Waals surface area contributed by atoms with Gasteiger partial charge in [-0.05, 0) is 89.0 Å². The van der Waals surface area contributed by atoms with Crippen LogP contribution in [0.15, 0.2) is 30.3 Å². The lowest BCUT2D eigenvalue weighted by atomic mass is 9.66. The maximum Gasteiger partial charge on any atom is 0.243 e. The first-order chi connectivity index (χ1) is 22.8. The second kappa shape index (κ2) is 15.4. The number of fused-ring (bicyclic) bond motifs is 1. The van der Waals surface area contributed by atoms with Crippen LogP contribution in [0.4, 0.5) is 4.39 Å². The summed E-state index contributed by atoms with van der Waals surface area (Å²) < 4.78 is 16.2. The third kappa shape index (κ3) is 7.71. The van der Waals surface area contributed by atoms with Crippen molar-refractivity contribution < 1.29 is 18.8 Å². The molecule has 3 saturated carbocycles. The number of halogens is 1. The Bertz CT molecular complexity index is 1220. The van der Waals surface area contributed by atoms with Crippen molar-refractivity contribution in [1.82, 2.24) is 26.2 Å². The van der Waals surface area contributed by atoms with Crippen molar-refractivity contribution in [3.05, 3.63) is 35.9 Å². The molecule has 1 aromatic carbocycles. The Morgan fingerprint density at radius 1 is 0.915 bits per heavy atom. The molecule has 9 atom stereocenters. The molecule has 2 saturated heterocycles. The van der Waals surface area contributed by atoms with E-state index in [1.54, 1.807) is 0 Å². The number of nitrogens with zero attached hydrogens (tertiary/aromatic N) is 1. The third-order valence-electron chi connectivity index (χ3n) is 12.2. The average molecular weight is 652 g/mol. The van der Waals surface area contributed by atoms with Gasteiger partial charge in [0.15, 0.2) is 0 Å². The summed E-state index contributed by atoms with van der Waals surface area (Å²) in [5.74, 6) is -0.433. The summed E-state index contributed by atoms with van der Waals surface area (Å²) >= 11 is 0.